The number of ether oxygens (including phenoxy) is 1. The highest BCUT2D eigenvalue weighted by atomic mass is 16.5. The van der Waals surface area contributed by atoms with Crippen LogP contribution in [-0.4, -0.2) is 60.4 Å². The Morgan fingerprint density at radius 2 is 1.57 bits per heavy atom. The van der Waals surface area contributed by atoms with Crippen LogP contribution in [0.5, 0.6) is 28.7 Å². The number of fused-ring (bicyclic) bond motifs is 1. The molecule has 0 fully saturated rings. The zero-order chi connectivity index (χ0) is 30.4. The third-order valence-corrected chi connectivity index (χ3v) is 8.33. The number of carbonyl (C=O) groups is 3. The number of aromatic hydroxyl groups is 5. The molecule has 7 rings (SSSR count). The molecule has 4 aliphatic carbocycles. The summed E-state index contributed by atoms with van der Waals surface area (Å²) in [5.41, 5.74) is -3.19. The van der Waals surface area contributed by atoms with E-state index < -0.39 is 80.4 Å². The first kappa shape index (κ1) is 26.9. The first-order chi connectivity index (χ1) is 19.8. The molecule has 4 aliphatic rings. The maximum absolute atomic E-state index is 14.0. The van der Waals surface area contributed by atoms with E-state index >= 15 is 0 Å². The number of hydrogen-bond acceptors (Lipinski definition) is 11. The Hall–Kier alpha value is -5.29. The fourth-order valence-electron chi connectivity index (χ4n) is 6.53. The summed E-state index contributed by atoms with van der Waals surface area (Å²) in [5.74, 6) is -8.34. The smallest absolute Gasteiger partial charge is 0.342 e. The maximum atomic E-state index is 14.0. The summed E-state index contributed by atoms with van der Waals surface area (Å²) in [6.45, 7) is 1.69. The summed E-state index contributed by atoms with van der Waals surface area (Å²) < 4.78 is 4.63. The van der Waals surface area contributed by atoms with Crippen molar-refractivity contribution in [3.05, 3.63) is 92.6 Å². The molecule has 7 N–H and O–H groups in total. The molecular formula is C31H24O11. The third kappa shape index (κ3) is 3.34. The summed E-state index contributed by atoms with van der Waals surface area (Å²) in [6, 6.07) is 5.99. The van der Waals surface area contributed by atoms with Gasteiger partial charge in [0.25, 0.3) is 0 Å². The molecule has 42 heavy (non-hydrogen) atoms. The van der Waals surface area contributed by atoms with E-state index in [2.05, 4.69) is 4.74 Å². The Labute approximate surface area is 237 Å². The predicted octanol–water partition coefficient (Wildman–Crippen LogP) is 3.32. The van der Waals surface area contributed by atoms with Crippen LogP contribution < -0.4 is 0 Å². The van der Waals surface area contributed by atoms with E-state index in [1.165, 1.54) is 18.2 Å². The Bertz CT molecular complexity index is 1850. The van der Waals surface area contributed by atoms with Crippen molar-refractivity contribution in [1.29, 1.82) is 0 Å². The van der Waals surface area contributed by atoms with Crippen molar-refractivity contribution in [2.24, 2.45) is 5.41 Å². The molecule has 3 atom stereocenters. The van der Waals surface area contributed by atoms with E-state index in [0.717, 1.165) is 25.3 Å². The number of ketones is 2. The second kappa shape index (κ2) is 8.85. The quantitative estimate of drug-likeness (QED) is 0.105. The molecule has 0 amide bonds. The Kier molecular flexibility index (Phi) is 5.67. The van der Waals surface area contributed by atoms with Crippen LogP contribution in [0.1, 0.15) is 66.1 Å². The zero-order valence-electron chi connectivity index (χ0n) is 22.2. The van der Waals surface area contributed by atoms with E-state index in [4.69, 9.17) is 0 Å². The van der Waals surface area contributed by atoms with E-state index in [9.17, 15) is 50.1 Å². The summed E-state index contributed by atoms with van der Waals surface area (Å²) in [4.78, 5) is 40.1. The summed E-state index contributed by atoms with van der Waals surface area (Å²) >= 11 is 0. The van der Waals surface area contributed by atoms with Gasteiger partial charge in [-0.15, -0.1) is 0 Å². The minimum Gasteiger partial charge on any atom is -0.507 e. The Morgan fingerprint density at radius 1 is 0.905 bits per heavy atom. The molecule has 2 bridgehead atoms. The van der Waals surface area contributed by atoms with Crippen molar-refractivity contribution in [3.63, 3.8) is 0 Å². The van der Waals surface area contributed by atoms with Crippen LogP contribution >= 0.6 is 0 Å². The van der Waals surface area contributed by atoms with E-state index in [1.807, 2.05) is 0 Å². The molecule has 0 saturated heterocycles. The molecule has 0 saturated carbocycles. The number of hydrogen-bond donors (Lipinski definition) is 7. The van der Waals surface area contributed by atoms with Crippen molar-refractivity contribution < 1.29 is 54.9 Å². The summed E-state index contributed by atoms with van der Waals surface area (Å²) in [5, 5.41) is 76.8. The SMILES string of the molecule is COC(=O)c1c(O)ccc(O)c1C(=O)c1c(O)cc2c(c1O)C1C=CC3(C2)C(=C(O)c2c(O)cc(C)cc2C3O)C1=O. The van der Waals surface area contributed by atoms with Gasteiger partial charge >= 0.3 is 5.97 Å². The number of carbonyl (C=O) groups excluding carboxylic acids is 3. The first-order valence-electron chi connectivity index (χ1n) is 12.8. The van der Waals surface area contributed by atoms with Crippen molar-refractivity contribution in [3.8, 4) is 28.7 Å². The highest BCUT2D eigenvalue weighted by Gasteiger charge is 2.56. The van der Waals surface area contributed by atoms with Crippen LogP contribution in [-0.2, 0) is 16.0 Å². The van der Waals surface area contributed by atoms with Gasteiger partial charge in [0.2, 0.25) is 5.78 Å². The molecule has 11 nitrogen and oxygen atoms in total. The molecule has 1 spiro atoms. The fraction of sp³-hybridized carbons (Fsp3) is 0.194. The molecule has 3 aromatic rings. The number of Topliss-reactive ketones (excluding diaryl/α,β-unsaturated/α-hetero) is 1. The molecule has 0 aromatic heterocycles. The van der Waals surface area contributed by atoms with Crippen LogP contribution in [0, 0.1) is 12.3 Å². The van der Waals surface area contributed by atoms with E-state index in [0.29, 0.717) is 5.56 Å². The fourth-order valence-corrected chi connectivity index (χ4v) is 6.53. The van der Waals surface area contributed by atoms with Crippen LogP contribution in [0.4, 0.5) is 0 Å². The van der Waals surface area contributed by atoms with Gasteiger partial charge in [0.05, 0.1) is 41.2 Å². The van der Waals surface area contributed by atoms with E-state index in [1.54, 1.807) is 13.0 Å². The first-order valence-corrected chi connectivity index (χ1v) is 12.8. The van der Waals surface area contributed by atoms with Crippen molar-refractivity contribution in [2.75, 3.05) is 7.11 Å². The molecule has 3 aromatic carbocycles. The minimum atomic E-state index is -1.54. The number of aliphatic hydroxyl groups excluding tert-OH is 2. The van der Waals surface area contributed by atoms with Crippen molar-refractivity contribution in [1.82, 2.24) is 0 Å². The number of allylic oxidation sites excluding steroid dienone is 1. The van der Waals surface area contributed by atoms with Gasteiger partial charge in [0.1, 0.15) is 45.6 Å². The van der Waals surface area contributed by atoms with Crippen molar-refractivity contribution >= 4 is 23.3 Å². The monoisotopic (exact) mass is 572 g/mol. The van der Waals surface area contributed by atoms with Gasteiger partial charge in [0, 0.05) is 5.56 Å². The average molecular weight is 573 g/mol. The van der Waals surface area contributed by atoms with E-state index in [-0.39, 0.29) is 40.0 Å². The second-order valence-electron chi connectivity index (χ2n) is 10.7. The number of aryl methyl sites for hydroxylation is 1. The van der Waals surface area contributed by atoms with Gasteiger partial charge in [-0.3, -0.25) is 9.59 Å². The molecule has 0 aliphatic heterocycles. The number of phenolic OH excluding ortho intramolecular Hbond substituents is 5. The lowest BCUT2D eigenvalue weighted by Crippen LogP contribution is -2.40. The van der Waals surface area contributed by atoms with Gasteiger partial charge in [0.15, 0.2) is 5.78 Å². The molecule has 3 unspecified atom stereocenters. The molecule has 0 heterocycles. The summed E-state index contributed by atoms with van der Waals surface area (Å²) in [7, 11) is 0.989. The van der Waals surface area contributed by atoms with Gasteiger partial charge in [-0.25, -0.2) is 4.79 Å². The van der Waals surface area contributed by atoms with Gasteiger partial charge < -0.3 is 40.5 Å². The normalized spacial score (nSPS) is 21.8. The largest absolute Gasteiger partial charge is 0.507 e. The number of aliphatic hydroxyl groups is 2. The zero-order valence-corrected chi connectivity index (χ0v) is 22.2. The third-order valence-electron chi connectivity index (χ3n) is 8.33. The average Bonchev–Trinajstić information content (AvgIpc) is 3.15. The molecule has 0 radical (unpaired) electrons. The number of phenols is 5. The molecule has 214 valence electrons. The number of esters is 1. The lowest BCUT2D eigenvalue weighted by Gasteiger charge is -2.43. The van der Waals surface area contributed by atoms with Crippen LogP contribution in [0.3, 0.4) is 0 Å². The predicted molar refractivity (Wildman–Crippen MR) is 145 cm³/mol. The van der Waals surface area contributed by atoms with Crippen LogP contribution in [0.2, 0.25) is 0 Å². The molecular weight excluding hydrogens is 548 g/mol. The number of rotatable bonds is 3. The molecule has 11 heteroatoms. The second-order valence-corrected chi connectivity index (χ2v) is 10.7. The standard InChI is InChI=1S/C31H24O11/c1-11-7-14-20(17(34)8-11)28(39)24-25(36)13-5-6-31(24,29(14)40)10-12-9-18(35)23(26(37)19(12)13)27(38)21-15(32)3-4-16(33)22(21)30(41)42-2/h3-9,13,29,32-35,37,39-40H,10H2,1-2H3. The Balaban J connectivity index is 1.59. The van der Waals surface area contributed by atoms with Gasteiger partial charge in [-0.1, -0.05) is 18.2 Å². The highest BCUT2D eigenvalue weighted by Crippen LogP contribution is 2.61. The highest BCUT2D eigenvalue weighted by molar-refractivity contribution is 6.20. The number of methoxy groups -OCH3 is 1. The Morgan fingerprint density at radius 3 is 2.24 bits per heavy atom. The number of benzene rings is 3. The lowest BCUT2D eigenvalue weighted by atomic mass is 9.61. The van der Waals surface area contributed by atoms with Crippen molar-refractivity contribution in [2.45, 2.75) is 25.4 Å². The van der Waals surface area contributed by atoms with Crippen LogP contribution in [0.15, 0.2) is 48.1 Å². The van der Waals surface area contributed by atoms with Gasteiger partial charge in [-0.2, -0.15) is 0 Å². The van der Waals surface area contributed by atoms with Gasteiger partial charge in [-0.05, 0) is 54.3 Å². The maximum Gasteiger partial charge on any atom is 0.342 e. The van der Waals surface area contributed by atoms with Crippen LogP contribution in [0.25, 0.3) is 5.76 Å². The summed E-state index contributed by atoms with van der Waals surface area (Å²) in [6.07, 6.45) is 1.34. The minimum absolute atomic E-state index is 0.0929. The lowest BCUT2D eigenvalue weighted by molar-refractivity contribution is -0.118. The topological polar surface area (TPSA) is 202 Å².